The summed E-state index contributed by atoms with van der Waals surface area (Å²) in [5, 5.41) is 3.37. The predicted octanol–water partition coefficient (Wildman–Crippen LogP) is 1.58. The zero-order valence-electron chi connectivity index (χ0n) is 9.50. The second-order valence-electron chi connectivity index (χ2n) is 4.73. The second-order valence-corrected chi connectivity index (χ2v) is 4.73. The molecular formula is C12H21NO2. The fourth-order valence-corrected chi connectivity index (χ4v) is 3.10. The van der Waals surface area contributed by atoms with Gasteiger partial charge in [-0.15, -0.1) is 0 Å². The van der Waals surface area contributed by atoms with E-state index in [9.17, 15) is 4.79 Å². The molecule has 1 aliphatic carbocycles. The maximum Gasteiger partial charge on any atom is 0.310 e. The topological polar surface area (TPSA) is 38.3 Å². The van der Waals surface area contributed by atoms with Gasteiger partial charge >= 0.3 is 5.97 Å². The summed E-state index contributed by atoms with van der Waals surface area (Å²) >= 11 is 0. The summed E-state index contributed by atoms with van der Waals surface area (Å²) in [6.07, 6.45) is 5.12. The first kappa shape index (κ1) is 10.9. The zero-order chi connectivity index (χ0) is 10.7. The molecule has 0 spiro atoms. The number of esters is 1. The van der Waals surface area contributed by atoms with Crippen LogP contribution in [0.3, 0.4) is 0 Å². The fraction of sp³-hybridized carbons (Fsp3) is 0.917. The number of ether oxygens (including phenoxy) is 1. The molecule has 0 aromatic carbocycles. The van der Waals surface area contributed by atoms with Crippen molar-refractivity contribution in [3.05, 3.63) is 0 Å². The fourth-order valence-electron chi connectivity index (χ4n) is 3.10. The van der Waals surface area contributed by atoms with Crippen molar-refractivity contribution >= 4 is 5.97 Å². The SMILES string of the molecule is CCOC(=O)C1CNCC2CCCCC21. The first-order valence-corrected chi connectivity index (χ1v) is 6.20. The monoisotopic (exact) mass is 211 g/mol. The van der Waals surface area contributed by atoms with E-state index in [1.807, 2.05) is 6.92 Å². The van der Waals surface area contributed by atoms with Gasteiger partial charge in [-0.25, -0.2) is 0 Å². The highest BCUT2D eigenvalue weighted by Crippen LogP contribution is 2.37. The Labute approximate surface area is 91.6 Å². The minimum Gasteiger partial charge on any atom is -0.466 e. The summed E-state index contributed by atoms with van der Waals surface area (Å²) in [5.74, 6) is 1.42. The summed E-state index contributed by atoms with van der Waals surface area (Å²) in [7, 11) is 0. The minimum absolute atomic E-state index is 0.0154. The lowest BCUT2D eigenvalue weighted by Crippen LogP contribution is -2.48. The smallest absolute Gasteiger partial charge is 0.310 e. The molecule has 3 unspecified atom stereocenters. The Morgan fingerprint density at radius 1 is 1.33 bits per heavy atom. The van der Waals surface area contributed by atoms with Gasteiger partial charge in [-0.2, -0.15) is 0 Å². The molecule has 3 heteroatoms. The highest BCUT2D eigenvalue weighted by atomic mass is 16.5. The standard InChI is InChI=1S/C12H21NO2/c1-2-15-12(14)11-8-13-7-9-5-3-4-6-10(9)11/h9-11,13H,2-8H2,1H3. The van der Waals surface area contributed by atoms with Gasteiger partial charge in [0.25, 0.3) is 0 Å². The summed E-state index contributed by atoms with van der Waals surface area (Å²) in [6.45, 7) is 4.31. The van der Waals surface area contributed by atoms with Crippen molar-refractivity contribution in [3.63, 3.8) is 0 Å². The Balaban J connectivity index is 2.00. The quantitative estimate of drug-likeness (QED) is 0.705. The van der Waals surface area contributed by atoms with Crippen LogP contribution in [0.25, 0.3) is 0 Å². The van der Waals surface area contributed by atoms with Crippen molar-refractivity contribution in [2.24, 2.45) is 17.8 Å². The maximum absolute atomic E-state index is 11.8. The lowest BCUT2D eigenvalue weighted by Gasteiger charge is -2.40. The molecule has 3 atom stereocenters. The molecule has 15 heavy (non-hydrogen) atoms. The van der Waals surface area contributed by atoms with Crippen LogP contribution in [-0.2, 0) is 9.53 Å². The van der Waals surface area contributed by atoms with E-state index in [0.29, 0.717) is 18.4 Å². The summed E-state index contributed by atoms with van der Waals surface area (Å²) < 4.78 is 5.15. The van der Waals surface area contributed by atoms with Crippen molar-refractivity contribution in [3.8, 4) is 0 Å². The van der Waals surface area contributed by atoms with Gasteiger partial charge in [0, 0.05) is 6.54 Å². The van der Waals surface area contributed by atoms with E-state index in [1.54, 1.807) is 0 Å². The number of carbonyl (C=O) groups is 1. The van der Waals surface area contributed by atoms with E-state index < -0.39 is 0 Å². The zero-order valence-corrected chi connectivity index (χ0v) is 9.50. The highest BCUT2D eigenvalue weighted by Gasteiger charge is 2.39. The minimum atomic E-state index is 0.0154. The van der Waals surface area contributed by atoms with Crippen LogP contribution in [-0.4, -0.2) is 25.7 Å². The van der Waals surface area contributed by atoms with E-state index in [1.165, 1.54) is 25.7 Å². The first-order valence-electron chi connectivity index (χ1n) is 6.20. The summed E-state index contributed by atoms with van der Waals surface area (Å²) in [5.41, 5.74) is 0. The van der Waals surface area contributed by atoms with Crippen LogP contribution in [0, 0.1) is 17.8 Å². The van der Waals surface area contributed by atoms with E-state index in [-0.39, 0.29) is 11.9 Å². The van der Waals surface area contributed by atoms with Gasteiger partial charge in [0.2, 0.25) is 0 Å². The molecule has 1 heterocycles. The third-order valence-electron chi connectivity index (χ3n) is 3.84. The van der Waals surface area contributed by atoms with Crippen molar-refractivity contribution in [1.29, 1.82) is 0 Å². The Bertz CT molecular complexity index is 228. The number of fused-ring (bicyclic) bond motifs is 1. The molecule has 0 aromatic rings. The second kappa shape index (κ2) is 4.97. The molecule has 0 bridgehead atoms. The van der Waals surface area contributed by atoms with Crippen LogP contribution in [0.1, 0.15) is 32.6 Å². The molecule has 86 valence electrons. The molecule has 2 aliphatic rings. The lowest BCUT2D eigenvalue weighted by atomic mass is 9.70. The summed E-state index contributed by atoms with van der Waals surface area (Å²) in [4.78, 5) is 11.8. The van der Waals surface area contributed by atoms with Crippen LogP contribution < -0.4 is 5.32 Å². The van der Waals surface area contributed by atoms with Crippen molar-refractivity contribution in [2.45, 2.75) is 32.6 Å². The molecule has 0 radical (unpaired) electrons. The van der Waals surface area contributed by atoms with Crippen LogP contribution >= 0.6 is 0 Å². The van der Waals surface area contributed by atoms with Crippen molar-refractivity contribution < 1.29 is 9.53 Å². The van der Waals surface area contributed by atoms with Gasteiger partial charge in [0.05, 0.1) is 12.5 Å². The lowest BCUT2D eigenvalue weighted by molar-refractivity contribution is -0.152. The van der Waals surface area contributed by atoms with Gasteiger partial charge in [0.15, 0.2) is 0 Å². The van der Waals surface area contributed by atoms with Crippen LogP contribution in [0.5, 0.6) is 0 Å². The molecule has 3 nitrogen and oxygen atoms in total. The van der Waals surface area contributed by atoms with E-state index in [2.05, 4.69) is 5.32 Å². The van der Waals surface area contributed by atoms with Gasteiger partial charge in [-0.1, -0.05) is 12.8 Å². The molecule has 1 saturated heterocycles. The molecule has 0 aromatic heterocycles. The van der Waals surface area contributed by atoms with Crippen molar-refractivity contribution in [1.82, 2.24) is 5.32 Å². The Kier molecular flexibility index (Phi) is 3.62. The van der Waals surface area contributed by atoms with Gasteiger partial charge in [0.1, 0.15) is 0 Å². The molecule has 2 fully saturated rings. The number of hydrogen-bond donors (Lipinski definition) is 1. The van der Waals surface area contributed by atoms with Gasteiger partial charge < -0.3 is 10.1 Å². The van der Waals surface area contributed by atoms with Gasteiger partial charge in [-0.05, 0) is 38.1 Å². The van der Waals surface area contributed by atoms with Crippen LogP contribution in [0.15, 0.2) is 0 Å². The third kappa shape index (κ3) is 2.33. The number of rotatable bonds is 2. The number of piperidine rings is 1. The molecule has 1 aliphatic heterocycles. The highest BCUT2D eigenvalue weighted by molar-refractivity contribution is 5.73. The third-order valence-corrected chi connectivity index (χ3v) is 3.84. The Morgan fingerprint density at radius 2 is 2.13 bits per heavy atom. The summed E-state index contributed by atoms with van der Waals surface area (Å²) in [6, 6.07) is 0. The van der Waals surface area contributed by atoms with Crippen LogP contribution in [0.4, 0.5) is 0 Å². The predicted molar refractivity (Wildman–Crippen MR) is 58.4 cm³/mol. The molecular weight excluding hydrogens is 190 g/mol. The number of hydrogen-bond acceptors (Lipinski definition) is 3. The normalized spacial score (nSPS) is 35.7. The molecule has 1 saturated carbocycles. The van der Waals surface area contributed by atoms with E-state index in [4.69, 9.17) is 4.74 Å². The van der Waals surface area contributed by atoms with Crippen molar-refractivity contribution in [2.75, 3.05) is 19.7 Å². The molecule has 0 amide bonds. The average Bonchev–Trinajstić information content (AvgIpc) is 2.28. The van der Waals surface area contributed by atoms with E-state index in [0.717, 1.165) is 13.1 Å². The van der Waals surface area contributed by atoms with E-state index >= 15 is 0 Å². The Morgan fingerprint density at radius 3 is 2.93 bits per heavy atom. The average molecular weight is 211 g/mol. The first-order chi connectivity index (χ1) is 7.33. The van der Waals surface area contributed by atoms with Gasteiger partial charge in [-0.3, -0.25) is 4.79 Å². The van der Waals surface area contributed by atoms with Crippen LogP contribution in [0.2, 0.25) is 0 Å². The largest absolute Gasteiger partial charge is 0.466 e. The number of carbonyl (C=O) groups excluding carboxylic acids is 1. The Hall–Kier alpha value is -0.570. The number of nitrogens with one attached hydrogen (secondary N) is 1. The molecule has 2 rings (SSSR count). The molecule has 1 N–H and O–H groups in total. The maximum atomic E-state index is 11.8.